The Bertz CT molecular complexity index is 450. The Kier molecular flexibility index (Phi) is 8.09. The molecule has 0 radical (unpaired) electrons. The third-order valence-corrected chi connectivity index (χ3v) is 3.24. The molecule has 1 heterocycles. The van der Waals surface area contributed by atoms with Crippen molar-refractivity contribution in [1.29, 1.82) is 0 Å². The first kappa shape index (κ1) is 20.3. The maximum Gasteiger partial charge on any atom is 0.303 e. The van der Waals surface area contributed by atoms with Crippen molar-refractivity contribution in [2.45, 2.75) is 58.4 Å². The monoisotopic (exact) mass is 348 g/mol. The summed E-state index contributed by atoms with van der Waals surface area (Å²) in [6.45, 7) is 5.62. The first-order chi connectivity index (χ1) is 11.3. The first-order valence-electron chi connectivity index (χ1n) is 7.57. The molecule has 0 aromatic heterocycles. The zero-order chi connectivity index (χ0) is 18.3. The molecule has 0 amide bonds. The van der Waals surface area contributed by atoms with Gasteiger partial charge in [0.25, 0.3) is 0 Å². The van der Waals surface area contributed by atoms with E-state index in [0.717, 1.165) is 0 Å². The lowest BCUT2D eigenvalue weighted by molar-refractivity contribution is -0.306. The Hall–Kier alpha value is -1.71. The first-order valence-corrected chi connectivity index (χ1v) is 7.57. The van der Waals surface area contributed by atoms with Crippen LogP contribution >= 0.6 is 0 Å². The SMILES string of the molecule is CCOC1C(COC(C)=O)OC(OC)C(OC(C)=O)C1OC(C)=O. The Balaban J connectivity index is 3.10. The molecule has 5 atom stereocenters. The van der Waals surface area contributed by atoms with Gasteiger partial charge < -0.3 is 28.4 Å². The van der Waals surface area contributed by atoms with Crippen LogP contribution in [0.25, 0.3) is 0 Å². The molecule has 1 aliphatic heterocycles. The van der Waals surface area contributed by atoms with Gasteiger partial charge in [0.15, 0.2) is 18.5 Å². The van der Waals surface area contributed by atoms with Gasteiger partial charge in [-0.15, -0.1) is 0 Å². The summed E-state index contributed by atoms with van der Waals surface area (Å²) in [5, 5.41) is 0. The van der Waals surface area contributed by atoms with Crippen molar-refractivity contribution >= 4 is 17.9 Å². The van der Waals surface area contributed by atoms with Gasteiger partial charge in [-0.25, -0.2) is 0 Å². The molecule has 0 bridgehead atoms. The molecule has 0 aromatic carbocycles. The zero-order valence-electron chi connectivity index (χ0n) is 14.5. The molecule has 1 aliphatic rings. The van der Waals surface area contributed by atoms with Crippen LogP contribution < -0.4 is 0 Å². The maximum absolute atomic E-state index is 11.5. The van der Waals surface area contributed by atoms with Gasteiger partial charge in [-0.2, -0.15) is 0 Å². The van der Waals surface area contributed by atoms with Crippen LogP contribution in [0.3, 0.4) is 0 Å². The van der Waals surface area contributed by atoms with E-state index in [1.165, 1.54) is 27.9 Å². The summed E-state index contributed by atoms with van der Waals surface area (Å²) in [5.41, 5.74) is 0. The minimum Gasteiger partial charge on any atom is -0.463 e. The lowest BCUT2D eigenvalue weighted by Gasteiger charge is -2.44. The molecule has 24 heavy (non-hydrogen) atoms. The average molecular weight is 348 g/mol. The molecule has 1 saturated heterocycles. The maximum atomic E-state index is 11.5. The largest absolute Gasteiger partial charge is 0.463 e. The lowest BCUT2D eigenvalue weighted by Crippen LogP contribution is -2.62. The minimum atomic E-state index is -1.01. The number of ether oxygens (including phenoxy) is 6. The van der Waals surface area contributed by atoms with Crippen LogP contribution in [0.1, 0.15) is 27.7 Å². The highest BCUT2D eigenvalue weighted by atomic mass is 16.7. The van der Waals surface area contributed by atoms with Crippen LogP contribution in [-0.2, 0) is 42.8 Å². The highest BCUT2D eigenvalue weighted by molar-refractivity contribution is 5.67. The zero-order valence-corrected chi connectivity index (χ0v) is 14.5. The van der Waals surface area contributed by atoms with E-state index in [1.54, 1.807) is 6.92 Å². The molecule has 5 unspecified atom stereocenters. The fourth-order valence-corrected chi connectivity index (χ4v) is 2.44. The Labute approximate surface area is 140 Å². The quantitative estimate of drug-likeness (QED) is 0.470. The van der Waals surface area contributed by atoms with E-state index in [9.17, 15) is 14.4 Å². The van der Waals surface area contributed by atoms with E-state index in [4.69, 9.17) is 28.4 Å². The Morgan fingerprint density at radius 2 is 1.50 bits per heavy atom. The lowest BCUT2D eigenvalue weighted by atomic mass is 9.98. The molecule has 0 N–H and O–H groups in total. The standard InChI is InChI=1S/C15H24O9/c1-6-20-12-11(7-21-8(2)16)24-15(19-5)14(23-10(4)18)13(12)22-9(3)17/h11-15H,6-7H2,1-5H3. The third kappa shape index (κ3) is 5.73. The van der Waals surface area contributed by atoms with Gasteiger partial charge in [0, 0.05) is 34.5 Å². The van der Waals surface area contributed by atoms with Crippen molar-refractivity contribution in [1.82, 2.24) is 0 Å². The van der Waals surface area contributed by atoms with E-state index in [2.05, 4.69) is 0 Å². The molecular weight excluding hydrogens is 324 g/mol. The molecule has 9 heteroatoms. The van der Waals surface area contributed by atoms with Gasteiger partial charge in [0.1, 0.15) is 18.8 Å². The van der Waals surface area contributed by atoms with E-state index in [-0.39, 0.29) is 13.2 Å². The number of hydrogen-bond donors (Lipinski definition) is 0. The molecule has 1 fully saturated rings. The highest BCUT2D eigenvalue weighted by Gasteiger charge is 2.51. The van der Waals surface area contributed by atoms with Crippen LogP contribution in [0.5, 0.6) is 0 Å². The van der Waals surface area contributed by atoms with Crippen LogP contribution in [0.4, 0.5) is 0 Å². The van der Waals surface area contributed by atoms with Gasteiger partial charge in [-0.05, 0) is 6.92 Å². The minimum absolute atomic E-state index is 0.121. The molecule has 138 valence electrons. The predicted octanol–water partition coefficient (Wildman–Crippen LogP) is 0.189. The number of carbonyl (C=O) groups is 3. The number of carbonyl (C=O) groups excluding carboxylic acids is 3. The Morgan fingerprint density at radius 1 is 0.917 bits per heavy atom. The summed E-state index contributed by atoms with van der Waals surface area (Å²) >= 11 is 0. The van der Waals surface area contributed by atoms with E-state index < -0.39 is 48.6 Å². The number of esters is 3. The van der Waals surface area contributed by atoms with Gasteiger partial charge in [0.05, 0.1) is 0 Å². The van der Waals surface area contributed by atoms with E-state index >= 15 is 0 Å². The molecule has 9 nitrogen and oxygen atoms in total. The van der Waals surface area contributed by atoms with Crippen molar-refractivity contribution in [3.63, 3.8) is 0 Å². The van der Waals surface area contributed by atoms with Crippen molar-refractivity contribution in [3.05, 3.63) is 0 Å². The second-order valence-corrected chi connectivity index (χ2v) is 5.15. The molecule has 0 aliphatic carbocycles. The summed E-state index contributed by atoms with van der Waals surface area (Å²) in [6.07, 6.45) is -4.54. The number of rotatable bonds is 7. The van der Waals surface area contributed by atoms with Gasteiger partial charge in [0.2, 0.25) is 0 Å². The van der Waals surface area contributed by atoms with Crippen LogP contribution in [-0.4, -0.2) is 68.9 Å². The fraction of sp³-hybridized carbons (Fsp3) is 0.800. The smallest absolute Gasteiger partial charge is 0.303 e. The summed E-state index contributed by atoms with van der Waals surface area (Å²) in [7, 11) is 1.36. The van der Waals surface area contributed by atoms with Crippen LogP contribution in [0, 0.1) is 0 Å². The van der Waals surface area contributed by atoms with Crippen molar-refractivity contribution in [2.24, 2.45) is 0 Å². The average Bonchev–Trinajstić information content (AvgIpc) is 2.48. The van der Waals surface area contributed by atoms with E-state index in [1.807, 2.05) is 0 Å². The molecular formula is C15H24O9. The summed E-state index contributed by atoms with van der Waals surface area (Å²) in [6, 6.07) is 0. The summed E-state index contributed by atoms with van der Waals surface area (Å²) in [5.74, 6) is -1.66. The predicted molar refractivity (Wildman–Crippen MR) is 78.8 cm³/mol. The van der Waals surface area contributed by atoms with Crippen LogP contribution in [0.2, 0.25) is 0 Å². The number of hydrogen-bond acceptors (Lipinski definition) is 9. The molecule has 0 saturated carbocycles. The number of methoxy groups -OCH3 is 1. The molecule has 1 rings (SSSR count). The van der Waals surface area contributed by atoms with Crippen molar-refractivity contribution in [2.75, 3.05) is 20.3 Å². The molecule has 0 aromatic rings. The highest BCUT2D eigenvalue weighted by Crippen LogP contribution is 2.29. The van der Waals surface area contributed by atoms with E-state index in [0.29, 0.717) is 0 Å². The molecule has 0 spiro atoms. The fourth-order valence-electron chi connectivity index (χ4n) is 2.44. The van der Waals surface area contributed by atoms with Gasteiger partial charge in [-0.1, -0.05) is 0 Å². The second kappa shape index (κ2) is 9.55. The van der Waals surface area contributed by atoms with Gasteiger partial charge in [-0.3, -0.25) is 14.4 Å². The van der Waals surface area contributed by atoms with Gasteiger partial charge >= 0.3 is 17.9 Å². The summed E-state index contributed by atoms with van der Waals surface area (Å²) < 4.78 is 32.0. The second-order valence-electron chi connectivity index (χ2n) is 5.15. The summed E-state index contributed by atoms with van der Waals surface area (Å²) in [4.78, 5) is 33.9. The Morgan fingerprint density at radius 3 is 1.96 bits per heavy atom. The normalized spacial score (nSPS) is 29.6. The van der Waals surface area contributed by atoms with Crippen molar-refractivity contribution in [3.8, 4) is 0 Å². The third-order valence-electron chi connectivity index (χ3n) is 3.24. The topological polar surface area (TPSA) is 107 Å². The van der Waals surface area contributed by atoms with Crippen LogP contribution in [0.15, 0.2) is 0 Å². The van der Waals surface area contributed by atoms with Crippen molar-refractivity contribution < 1.29 is 42.8 Å².